The molecule has 0 heterocycles. The summed E-state index contributed by atoms with van der Waals surface area (Å²) in [6.45, 7) is 6.67. The van der Waals surface area contributed by atoms with E-state index in [0.29, 0.717) is 18.1 Å². The standard InChI is InChI=1S/C29H32O3/c1-28(2,21-8-14-25(30)15-9-21)20-4-6-22(7-5-20)29(3,23-10-16-26(31)17-11-23)24-12-18-27(32)19-13-24/h4-11,14-18,24,30-32H,12-13,19H2,1-3H3. The highest BCUT2D eigenvalue weighted by atomic mass is 16.3. The van der Waals surface area contributed by atoms with E-state index in [-0.39, 0.29) is 22.3 Å². The maximum Gasteiger partial charge on any atom is 0.115 e. The number of phenolic OH excluding ortho intramolecular Hbond substituents is 2. The molecule has 32 heavy (non-hydrogen) atoms. The molecule has 3 aromatic carbocycles. The molecule has 3 nitrogen and oxygen atoms in total. The molecule has 2 atom stereocenters. The van der Waals surface area contributed by atoms with Crippen LogP contribution in [0.1, 0.15) is 62.3 Å². The van der Waals surface area contributed by atoms with Crippen LogP contribution in [0.25, 0.3) is 0 Å². The molecule has 0 saturated heterocycles. The van der Waals surface area contributed by atoms with Crippen LogP contribution in [0.4, 0.5) is 0 Å². The minimum atomic E-state index is -0.244. The van der Waals surface area contributed by atoms with Gasteiger partial charge in [-0.15, -0.1) is 0 Å². The predicted octanol–water partition coefficient (Wildman–Crippen LogP) is 6.97. The van der Waals surface area contributed by atoms with E-state index in [1.165, 1.54) is 16.7 Å². The van der Waals surface area contributed by atoms with Crippen LogP contribution in [0.5, 0.6) is 11.5 Å². The average Bonchev–Trinajstić information content (AvgIpc) is 2.80. The molecule has 0 saturated carbocycles. The molecule has 2 unspecified atom stereocenters. The van der Waals surface area contributed by atoms with E-state index in [1.807, 2.05) is 30.3 Å². The highest BCUT2D eigenvalue weighted by Gasteiger charge is 2.38. The monoisotopic (exact) mass is 428 g/mol. The molecule has 0 spiro atoms. The molecule has 0 radical (unpaired) electrons. The smallest absolute Gasteiger partial charge is 0.115 e. The molecule has 4 rings (SSSR count). The average molecular weight is 429 g/mol. The van der Waals surface area contributed by atoms with Crippen molar-refractivity contribution in [2.45, 2.75) is 50.9 Å². The molecule has 3 heteroatoms. The lowest BCUT2D eigenvalue weighted by atomic mass is 9.63. The Kier molecular flexibility index (Phi) is 5.77. The van der Waals surface area contributed by atoms with Gasteiger partial charge in [0, 0.05) is 17.3 Å². The second-order valence-corrected chi connectivity index (χ2v) is 9.67. The van der Waals surface area contributed by atoms with E-state index >= 15 is 0 Å². The number of phenols is 2. The lowest BCUT2D eigenvalue weighted by Crippen LogP contribution is -2.34. The molecule has 0 amide bonds. The molecular weight excluding hydrogens is 396 g/mol. The number of rotatable bonds is 5. The zero-order chi connectivity index (χ0) is 22.9. The number of hydrogen-bond acceptors (Lipinski definition) is 3. The Bertz CT molecular complexity index is 1090. The van der Waals surface area contributed by atoms with E-state index in [0.717, 1.165) is 18.4 Å². The zero-order valence-corrected chi connectivity index (χ0v) is 19.0. The van der Waals surface area contributed by atoms with Crippen LogP contribution < -0.4 is 0 Å². The second-order valence-electron chi connectivity index (χ2n) is 9.67. The van der Waals surface area contributed by atoms with Crippen molar-refractivity contribution in [3.05, 3.63) is 107 Å². The van der Waals surface area contributed by atoms with Crippen LogP contribution in [0.2, 0.25) is 0 Å². The Hall–Kier alpha value is -3.20. The van der Waals surface area contributed by atoms with Crippen molar-refractivity contribution in [2.75, 3.05) is 0 Å². The fraction of sp³-hybridized carbons (Fsp3) is 0.310. The zero-order valence-electron chi connectivity index (χ0n) is 19.0. The molecule has 3 aromatic rings. The van der Waals surface area contributed by atoms with Gasteiger partial charge in [-0.1, -0.05) is 69.3 Å². The van der Waals surface area contributed by atoms with E-state index in [2.05, 4.69) is 45.0 Å². The Balaban J connectivity index is 1.73. The quantitative estimate of drug-likeness (QED) is 0.411. The van der Waals surface area contributed by atoms with Gasteiger partial charge in [0.1, 0.15) is 11.5 Å². The third-order valence-corrected chi connectivity index (χ3v) is 7.47. The fourth-order valence-electron chi connectivity index (χ4n) is 5.07. The minimum absolute atomic E-state index is 0.194. The summed E-state index contributed by atoms with van der Waals surface area (Å²) >= 11 is 0. The topological polar surface area (TPSA) is 60.7 Å². The van der Waals surface area contributed by atoms with Crippen molar-refractivity contribution in [2.24, 2.45) is 5.92 Å². The molecule has 0 aliphatic heterocycles. The first-order valence-corrected chi connectivity index (χ1v) is 11.3. The summed E-state index contributed by atoms with van der Waals surface area (Å²) in [5.41, 5.74) is 4.32. The van der Waals surface area contributed by atoms with Gasteiger partial charge in [-0.05, 0) is 71.4 Å². The molecule has 0 bridgehead atoms. The van der Waals surface area contributed by atoms with Crippen molar-refractivity contribution in [1.82, 2.24) is 0 Å². The summed E-state index contributed by atoms with van der Waals surface area (Å²) in [6.07, 6.45) is 4.39. The Morgan fingerprint density at radius 3 is 1.47 bits per heavy atom. The summed E-state index contributed by atoms with van der Waals surface area (Å²) in [4.78, 5) is 0. The SMILES string of the molecule is CC(C)(c1ccc(O)cc1)c1ccc(C(C)(c2ccc(O)cc2)C2CC=C(O)CC2)cc1. The maximum atomic E-state index is 9.93. The molecule has 1 aliphatic carbocycles. The number of aromatic hydroxyl groups is 2. The van der Waals surface area contributed by atoms with Gasteiger partial charge in [0.15, 0.2) is 0 Å². The molecule has 3 N–H and O–H groups in total. The van der Waals surface area contributed by atoms with Crippen LogP contribution in [0, 0.1) is 5.92 Å². The van der Waals surface area contributed by atoms with Crippen LogP contribution in [0.3, 0.4) is 0 Å². The van der Waals surface area contributed by atoms with E-state index in [4.69, 9.17) is 0 Å². The van der Waals surface area contributed by atoms with Gasteiger partial charge in [0.25, 0.3) is 0 Å². The van der Waals surface area contributed by atoms with Crippen molar-refractivity contribution in [1.29, 1.82) is 0 Å². The van der Waals surface area contributed by atoms with Crippen molar-refractivity contribution in [3.63, 3.8) is 0 Å². The van der Waals surface area contributed by atoms with Crippen LogP contribution in [-0.2, 0) is 10.8 Å². The van der Waals surface area contributed by atoms with E-state index in [1.54, 1.807) is 24.3 Å². The molecule has 1 aliphatic rings. The fourth-order valence-corrected chi connectivity index (χ4v) is 5.07. The number of allylic oxidation sites excluding steroid dienone is 2. The first-order valence-electron chi connectivity index (χ1n) is 11.3. The number of benzene rings is 3. The predicted molar refractivity (Wildman–Crippen MR) is 129 cm³/mol. The van der Waals surface area contributed by atoms with Gasteiger partial charge in [0.2, 0.25) is 0 Å². The lowest BCUT2D eigenvalue weighted by Gasteiger charge is -2.40. The summed E-state index contributed by atoms with van der Waals surface area (Å²) < 4.78 is 0. The molecule has 0 fully saturated rings. The van der Waals surface area contributed by atoms with Crippen LogP contribution in [0.15, 0.2) is 84.6 Å². The highest BCUT2D eigenvalue weighted by Crippen LogP contribution is 2.46. The van der Waals surface area contributed by atoms with Crippen LogP contribution in [-0.4, -0.2) is 15.3 Å². The first kappa shape index (κ1) is 22.0. The minimum Gasteiger partial charge on any atom is -0.513 e. The lowest BCUT2D eigenvalue weighted by molar-refractivity contribution is 0.274. The van der Waals surface area contributed by atoms with Crippen molar-refractivity contribution in [3.8, 4) is 11.5 Å². The van der Waals surface area contributed by atoms with E-state index in [9.17, 15) is 15.3 Å². The summed E-state index contributed by atoms with van der Waals surface area (Å²) in [7, 11) is 0. The maximum absolute atomic E-state index is 9.93. The normalized spacial score (nSPS) is 18.6. The molecular formula is C29H32O3. The first-order chi connectivity index (χ1) is 15.2. The summed E-state index contributed by atoms with van der Waals surface area (Å²) in [6, 6.07) is 23.8. The third kappa shape index (κ3) is 4.00. The van der Waals surface area contributed by atoms with Gasteiger partial charge < -0.3 is 15.3 Å². The number of aliphatic hydroxyl groups is 1. The Morgan fingerprint density at radius 2 is 1.03 bits per heavy atom. The molecule has 0 aromatic heterocycles. The van der Waals surface area contributed by atoms with E-state index < -0.39 is 0 Å². The van der Waals surface area contributed by atoms with Gasteiger partial charge in [0.05, 0.1) is 5.76 Å². The Morgan fingerprint density at radius 1 is 0.625 bits per heavy atom. The van der Waals surface area contributed by atoms with Gasteiger partial charge in [-0.2, -0.15) is 0 Å². The Labute approximate surface area is 190 Å². The summed E-state index contributed by atoms with van der Waals surface area (Å²) in [5, 5.41) is 29.4. The van der Waals surface area contributed by atoms with Gasteiger partial charge in [-0.3, -0.25) is 0 Å². The number of hydrogen-bond donors (Lipinski definition) is 3. The highest BCUT2D eigenvalue weighted by molar-refractivity contribution is 5.46. The third-order valence-electron chi connectivity index (χ3n) is 7.47. The van der Waals surface area contributed by atoms with Crippen molar-refractivity contribution < 1.29 is 15.3 Å². The van der Waals surface area contributed by atoms with Crippen molar-refractivity contribution >= 4 is 0 Å². The summed E-state index contributed by atoms with van der Waals surface area (Å²) in [5.74, 6) is 1.37. The van der Waals surface area contributed by atoms with Crippen LogP contribution >= 0.6 is 0 Å². The van der Waals surface area contributed by atoms with Gasteiger partial charge in [-0.25, -0.2) is 0 Å². The van der Waals surface area contributed by atoms with Gasteiger partial charge >= 0.3 is 0 Å². The largest absolute Gasteiger partial charge is 0.513 e. The molecule has 166 valence electrons. The number of aliphatic hydroxyl groups excluding tert-OH is 1. The second kappa shape index (κ2) is 8.38.